The Balaban J connectivity index is 0.00000451. The molecule has 6 rings (SSSR count). The van der Waals surface area contributed by atoms with E-state index in [-0.39, 0.29) is 46.3 Å². The second-order valence-electron chi connectivity index (χ2n) is 10.4. The van der Waals surface area contributed by atoms with Gasteiger partial charge in [0.2, 0.25) is 0 Å². The summed E-state index contributed by atoms with van der Waals surface area (Å²) in [6.45, 7) is 3.58. The van der Waals surface area contributed by atoms with Gasteiger partial charge in [0.15, 0.2) is 0 Å². The summed E-state index contributed by atoms with van der Waals surface area (Å²) in [6.07, 6.45) is -10.5. The Kier molecular flexibility index (Phi) is 9.58. The van der Waals surface area contributed by atoms with Gasteiger partial charge in [-0.1, -0.05) is 0 Å². The summed E-state index contributed by atoms with van der Waals surface area (Å²) in [5, 5.41) is 1.48. The molecule has 0 saturated heterocycles. The maximum atomic E-state index is 13.0. The first-order valence-corrected chi connectivity index (χ1v) is 17.2. The standard InChI is InChI=1S/C34H24F6N2OSe2.Pt/c1-19-25-11-15-41-29(31(25)44-27(19)9-13-33(35,36)37)21-5-3-7-23(17-21)43-24-8-4-6-22(18-24)30-32-26(12-16-42-30)20(2)28(45-32)10-14-34(38,39)40;/h3-8,11-12,15-16H,9-10,13-14H2,1-2H3;/q-2;+2/i15D,16D;. The van der Waals surface area contributed by atoms with Crippen molar-refractivity contribution in [2.45, 2.75) is 51.9 Å². The van der Waals surface area contributed by atoms with Crippen LogP contribution in [0.15, 0.2) is 60.9 Å². The number of halogens is 6. The Hall–Kier alpha value is -2.67. The first kappa shape index (κ1) is 31.9. The Bertz CT molecular complexity index is 1980. The van der Waals surface area contributed by atoms with Crippen LogP contribution in [0.25, 0.3) is 41.8 Å². The molecule has 3 nitrogen and oxygen atoms in total. The van der Waals surface area contributed by atoms with Crippen molar-refractivity contribution in [1.82, 2.24) is 9.97 Å². The van der Waals surface area contributed by atoms with Gasteiger partial charge in [0.05, 0.1) is 0 Å². The number of fused-ring (bicyclic) bond motifs is 2. The summed E-state index contributed by atoms with van der Waals surface area (Å²) >= 11 is -0.789. The van der Waals surface area contributed by atoms with Crippen molar-refractivity contribution < 1.29 is 54.9 Å². The van der Waals surface area contributed by atoms with Crippen LogP contribution in [0.5, 0.6) is 11.5 Å². The second kappa shape index (κ2) is 13.8. The summed E-state index contributed by atoms with van der Waals surface area (Å²) in [5.74, 6) is 0.635. The molecule has 0 amide bonds. The van der Waals surface area contributed by atoms with Gasteiger partial charge >= 0.3 is 292 Å². The van der Waals surface area contributed by atoms with E-state index in [4.69, 9.17) is 7.48 Å². The topological polar surface area (TPSA) is 35.0 Å². The van der Waals surface area contributed by atoms with Gasteiger partial charge in [-0.05, 0) is 0 Å². The third-order valence-corrected chi connectivity index (χ3v) is 13.1. The fourth-order valence-corrected chi connectivity index (χ4v) is 10.4. The number of nitrogens with zero attached hydrogens (tertiary/aromatic N) is 2. The number of aryl methyl sites for hydroxylation is 4. The molecule has 0 unspecified atom stereocenters. The van der Waals surface area contributed by atoms with Crippen LogP contribution < -0.4 is 4.74 Å². The predicted molar refractivity (Wildman–Crippen MR) is 164 cm³/mol. The van der Waals surface area contributed by atoms with Crippen molar-refractivity contribution in [3.63, 3.8) is 0 Å². The summed E-state index contributed by atoms with van der Waals surface area (Å²) in [6, 6.07) is 19.9. The van der Waals surface area contributed by atoms with Crippen LogP contribution in [0.2, 0.25) is 0 Å². The zero-order chi connectivity index (χ0) is 33.7. The Morgan fingerprint density at radius 3 is 1.50 bits per heavy atom. The molecule has 4 aromatic heterocycles. The SMILES string of the molecule is [2H]c1cc2c(C)c(CCC(F)(F)F)[se]c2c(-c2[c-]c(Oc3[c-]c(-c4nc([2H])cc5c(C)c(CCC(F)(F)F)[se]c45)ccc3)ccc2)n1.[Pt+2]. The Morgan fingerprint density at radius 2 is 1.11 bits per heavy atom. The molecule has 0 aliphatic heterocycles. The van der Waals surface area contributed by atoms with Gasteiger partial charge in [0, 0.05) is 0 Å². The Labute approximate surface area is 290 Å². The van der Waals surface area contributed by atoms with Crippen LogP contribution in [0, 0.1) is 26.0 Å². The van der Waals surface area contributed by atoms with E-state index in [1.165, 1.54) is 0 Å². The number of hydrogen-bond acceptors (Lipinski definition) is 3. The van der Waals surface area contributed by atoms with Gasteiger partial charge < -0.3 is 0 Å². The molecular formula is C34H24F6N2OPtSe2. The van der Waals surface area contributed by atoms with E-state index in [1.54, 1.807) is 62.4 Å². The molecule has 0 atom stereocenters. The molecule has 4 heterocycles. The molecule has 240 valence electrons. The molecule has 0 fully saturated rings. The number of rotatable bonds is 8. The smallest absolute Gasteiger partial charge is 2.00 e. The summed E-state index contributed by atoms with van der Waals surface area (Å²) in [7, 11) is 0. The van der Waals surface area contributed by atoms with E-state index in [0.29, 0.717) is 34.0 Å². The molecule has 0 N–H and O–H groups in total. The normalized spacial score (nSPS) is 12.7. The molecule has 0 aliphatic carbocycles. The van der Waals surface area contributed by atoms with Crippen molar-refractivity contribution >= 4 is 48.3 Å². The van der Waals surface area contributed by atoms with Gasteiger partial charge in [0.25, 0.3) is 0 Å². The van der Waals surface area contributed by atoms with E-state index in [1.807, 2.05) is 0 Å². The fraction of sp³-hybridized carbons (Fsp3) is 0.235. The van der Waals surface area contributed by atoms with E-state index in [0.717, 1.165) is 39.3 Å². The minimum Gasteiger partial charge on any atom is 2.00 e. The third-order valence-electron chi connectivity index (χ3n) is 7.32. The van der Waals surface area contributed by atoms with E-state index < -0.39 is 54.2 Å². The molecule has 12 heteroatoms. The molecule has 0 saturated carbocycles. The van der Waals surface area contributed by atoms with E-state index >= 15 is 0 Å². The van der Waals surface area contributed by atoms with Crippen molar-refractivity contribution in [3.8, 4) is 34.0 Å². The molecule has 0 spiro atoms. The van der Waals surface area contributed by atoms with Crippen LogP contribution in [0.4, 0.5) is 26.3 Å². The zero-order valence-electron chi connectivity index (χ0n) is 26.2. The number of aromatic nitrogens is 2. The molecule has 46 heavy (non-hydrogen) atoms. The molecule has 0 aliphatic rings. The van der Waals surface area contributed by atoms with Crippen LogP contribution >= 0.6 is 0 Å². The van der Waals surface area contributed by atoms with Crippen molar-refractivity contribution in [2.75, 3.05) is 0 Å². The van der Waals surface area contributed by atoms with Crippen LogP contribution in [0.3, 0.4) is 0 Å². The first-order chi connectivity index (χ1) is 22.1. The van der Waals surface area contributed by atoms with E-state index in [2.05, 4.69) is 22.1 Å². The quantitative estimate of drug-likeness (QED) is 0.0868. The monoisotopic (exact) mass is 947 g/mol. The van der Waals surface area contributed by atoms with Crippen molar-refractivity contribution in [3.05, 3.63) is 93.0 Å². The van der Waals surface area contributed by atoms with Crippen LogP contribution in [-0.4, -0.2) is 51.3 Å². The Morgan fingerprint density at radius 1 is 0.696 bits per heavy atom. The number of pyridine rings is 2. The molecular weight excluding hydrogens is 919 g/mol. The number of hydrogen-bond donors (Lipinski definition) is 0. The molecule has 2 aromatic carbocycles. The largest absolute Gasteiger partial charge is 2.00 e. The van der Waals surface area contributed by atoms with Gasteiger partial charge in [-0.3, -0.25) is 0 Å². The number of alkyl halides is 6. The summed E-state index contributed by atoms with van der Waals surface area (Å²) in [4.78, 5) is 8.85. The summed E-state index contributed by atoms with van der Waals surface area (Å²) in [5.41, 5.74) is 3.55. The van der Waals surface area contributed by atoms with Crippen LogP contribution in [-0.2, 0) is 33.9 Å². The molecule has 6 aromatic rings. The fourth-order valence-electron chi connectivity index (χ4n) is 5.04. The zero-order valence-corrected chi connectivity index (χ0v) is 29.8. The van der Waals surface area contributed by atoms with E-state index in [9.17, 15) is 26.3 Å². The van der Waals surface area contributed by atoms with Crippen molar-refractivity contribution in [1.29, 1.82) is 0 Å². The van der Waals surface area contributed by atoms with Crippen molar-refractivity contribution in [2.24, 2.45) is 0 Å². The van der Waals surface area contributed by atoms with Crippen LogP contribution in [0.1, 0.15) is 35.6 Å². The number of ether oxygens (including phenoxy) is 1. The van der Waals surface area contributed by atoms with Gasteiger partial charge in [-0.25, -0.2) is 0 Å². The summed E-state index contributed by atoms with van der Waals surface area (Å²) < 4.78 is 103. The van der Waals surface area contributed by atoms with Gasteiger partial charge in [-0.15, -0.1) is 0 Å². The first-order valence-electron chi connectivity index (χ1n) is 14.8. The average molecular weight is 946 g/mol. The molecule has 0 radical (unpaired) electrons. The average Bonchev–Trinajstić information content (AvgIpc) is 3.49. The molecule has 0 bridgehead atoms. The number of benzene rings is 2. The second-order valence-corrected chi connectivity index (χ2v) is 15.1. The maximum absolute atomic E-state index is 13.0. The predicted octanol–water partition coefficient (Wildman–Crippen LogP) is 9.23. The minimum absolute atomic E-state index is 0. The maximum Gasteiger partial charge on any atom is 2.00 e. The minimum atomic E-state index is -4.26. The van der Waals surface area contributed by atoms with Gasteiger partial charge in [-0.2, -0.15) is 0 Å². The third kappa shape index (κ3) is 7.72. The van der Waals surface area contributed by atoms with Gasteiger partial charge in [0.1, 0.15) is 0 Å².